The van der Waals surface area contributed by atoms with Crippen LogP contribution < -0.4 is 5.32 Å². The number of benzene rings is 2. The predicted octanol–water partition coefficient (Wildman–Crippen LogP) is 4.93. The molecule has 4 heterocycles. The number of anilines is 1. The van der Waals surface area contributed by atoms with Crippen molar-refractivity contribution >= 4 is 23.2 Å². The Morgan fingerprint density at radius 2 is 1.91 bits per heavy atom. The molecule has 3 aromatic heterocycles. The average molecular weight is 424 g/mol. The van der Waals surface area contributed by atoms with Crippen molar-refractivity contribution in [2.24, 2.45) is 4.99 Å². The molecule has 0 fully saturated rings. The quantitative estimate of drug-likeness (QED) is 0.433. The highest BCUT2D eigenvalue weighted by Gasteiger charge is 2.20. The van der Waals surface area contributed by atoms with Gasteiger partial charge in [-0.1, -0.05) is 18.2 Å². The highest BCUT2D eigenvalue weighted by molar-refractivity contribution is 5.96. The van der Waals surface area contributed by atoms with Gasteiger partial charge in [-0.05, 0) is 42.0 Å². The standard InChI is InChI=1S/C24H17FN6O/c25-17-7-5-15(6-8-17)21-22(31-11-12-32-24(31)30-21)20-9-10-26-23(29-20)27-14-18-13-16-3-1-2-4-19(16)28-18/h1-12H,13-14H2,(H,26,27,29). The minimum atomic E-state index is -0.302. The third kappa shape index (κ3) is 3.22. The predicted molar refractivity (Wildman–Crippen MR) is 120 cm³/mol. The van der Waals surface area contributed by atoms with E-state index in [2.05, 4.69) is 26.3 Å². The molecule has 0 radical (unpaired) electrons. The Bertz CT molecular complexity index is 1470. The first-order valence-corrected chi connectivity index (χ1v) is 10.2. The number of hydrogen-bond acceptors (Lipinski definition) is 6. The summed E-state index contributed by atoms with van der Waals surface area (Å²) in [5, 5.41) is 3.28. The zero-order valence-electron chi connectivity index (χ0n) is 16.9. The summed E-state index contributed by atoms with van der Waals surface area (Å²) in [6.07, 6.45) is 5.86. The molecule has 2 aromatic carbocycles. The zero-order valence-corrected chi connectivity index (χ0v) is 16.9. The van der Waals surface area contributed by atoms with Crippen LogP contribution in [-0.4, -0.2) is 31.6 Å². The van der Waals surface area contributed by atoms with Crippen molar-refractivity contribution in [3.63, 3.8) is 0 Å². The van der Waals surface area contributed by atoms with E-state index < -0.39 is 0 Å². The summed E-state index contributed by atoms with van der Waals surface area (Å²) in [7, 11) is 0. The van der Waals surface area contributed by atoms with Crippen LogP contribution >= 0.6 is 0 Å². The molecule has 156 valence electrons. The Hall–Kier alpha value is -4.33. The highest BCUT2D eigenvalue weighted by Crippen LogP contribution is 2.32. The molecule has 0 saturated carbocycles. The van der Waals surface area contributed by atoms with Crippen LogP contribution in [0.1, 0.15) is 5.56 Å². The molecule has 0 amide bonds. The molecule has 0 spiro atoms. The Morgan fingerprint density at radius 3 is 2.78 bits per heavy atom. The summed E-state index contributed by atoms with van der Waals surface area (Å²) in [5.74, 6) is 0.624. The van der Waals surface area contributed by atoms with Gasteiger partial charge >= 0.3 is 5.84 Å². The van der Waals surface area contributed by atoms with Crippen LogP contribution in [0, 0.1) is 5.82 Å². The van der Waals surface area contributed by atoms with E-state index in [1.165, 1.54) is 17.7 Å². The first kappa shape index (κ1) is 18.4. The lowest BCUT2D eigenvalue weighted by atomic mass is 10.1. The monoisotopic (exact) mass is 424 g/mol. The van der Waals surface area contributed by atoms with Gasteiger partial charge in [0, 0.05) is 30.1 Å². The van der Waals surface area contributed by atoms with Gasteiger partial charge in [-0.2, -0.15) is 4.98 Å². The molecule has 32 heavy (non-hydrogen) atoms. The largest absolute Gasteiger partial charge is 0.432 e. The molecule has 0 aliphatic carbocycles. The summed E-state index contributed by atoms with van der Waals surface area (Å²) < 4.78 is 20.7. The molecule has 8 heteroatoms. The normalized spacial score (nSPS) is 12.7. The van der Waals surface area contributed by atoms with E-state index in [0.29, 0.717) is 29.7 Å². The van der Waals surface area contributed by atoms with Gasteiger partial charge in [-0.15, -0.1) is 0 Å². The van der Waals surface area contributed by atoms with Crippen LogP contribution in [0.4, 0.5) is 16.0 Å². The minimum Gasteiger partial charge on any atom is -0.432 e. The lowest BCUT2D eigenvalue weighted by Crippen LogP contribution is -2.15. The number of nitrogens with zero attached hydrogens (tertiary/aromatic N) is 5. The molecule has 6 rings (SSSR count). The fraction of sp³-hybridized carbons (Fsp3) is 0.0833. The maximum atomic E-state index is 13.4. The van der Waals surface area contributed by atoms with Gasteiger partial charge in [0.15, 0.2) is 0 Å². The van der Waals surface area contributed by atoms with Gasteiger partial charge < -0.3 is 9.73 Å². The van der Waals surface area contributed by atoms with Crippen molar-refractivity contribution in [1.82, 2.24) is 19.4 Å². The van der Waals surface area contributed by atoms with E-state index in [0.717, 1.165) is 29.1 Å². The van der Waals surface area contributed by atoms with Crippen molar-refractivity contribution in [3.05, 3.63) is 84.6 Å². The van der Waals surface area contributed by atoms with Crippen LogP contribution in [0.3, 0.4) is 0 Å². The van der Waals surface area contributed by atoms with Crippen molar-refractivity contribution in [2.45, 2.75) is 6.42 Å². The SMILES string of the molecule is Fc1ccc(-c2nc3occn3c2-c2ccnc(NCC3=Nc4ccccc4C3)n2)cc1. The van der Waals surface area contributed by atoms with E-state index in [1.54, 1.807) is 30.8 Å². The van der Waals surface area contributed by atoms with Gasteiger partial charge in [-0.25, -0.2) is 14.4 Å². The van der Waals surface area contributed by atoms with Crippen LogP contribution in [0.5, 0.6) is 0 Å². The number of aromatic nitrogens is 4. The summed E-state index contributed by atoms with van der Waals surface area (Å²) >= 11 is 0. The van der Waals surface area contributed by atoms with Crippen molar-refractivity contribution in [2.75, 3.05) is 11.9 Å². The van der Waals surface area contributed by atoms with Gasteiger partial charge in [0.2, 0.25) is 5.95 Å². The fourth-order valence-electron chi connectivity index (χ4n) is 3.90. The lowest BCUT2D eigenvalue weighted by molar-refractivity contribution is 0.596. The number of nitrogens with one attached hydrogen (secondary N) is 1. The zero-order chi connectivity index (χ0) is 21.5. The maximum Gasteiger partial charge on any atom is 0.306 e. The molecule has 5 aromatic rings. The summed E-state index contributed by atoms with van der Waals surface area (Å²) in [5.41, 5.74) is 6.13. The second-order valence-electron chi connectivity index (χ2n) is 7.47. The summed E-state index contributed by atoms with van der Waals surface area (Å²) in [4.78, 5) is 18.3. The molecule has 0 atom stereocenters. The Labute approximate surface area is 182 Å². The maximum absolute atomic E-state index is 13.4. The molecule has 1 aliphatic heterocycles. The first-order chi connectivity index (χ1) is 15.7. The molecule has 1 aliphatic rings. The van der Waals surface area contributed by atoms with Crippen molar-refractivity contribution in [3.8, 4) is 22.6 Å². The van der Waals surface area contributed by atoms with Gasteiger partial charge in [-0.3, -0.25) is 9.39 Å². The highest BCUT2D eigenvalue weighted by atomic mass is 19.1. The van der Waals surface area contributed by atoms with E-state index in [9.17, 15) is 4.39 Å². The summed E-state index contributed by atoms with van der Waals surface area (Å²) in [6, 6.07) is 16.2. The topological polar surface area (TPSA) is 80.6 Å². The smallest absolute Gasteiger partial charge is 0.306 e. The van der Waals surface area contributed by atoms with Crippen molar-refractivity contribution in [1.29, 1.82) is 0 Å². The van der Waals surface area contributed by atoms with Gasteiger partial charge in [0.1, 0.15) is 23.5 Å². The molecule has 7 nitrogen and oxygen atoms in total. The van der Waals surface area contributed by atoms with E-state index >= 15 is 0 Å². The number of rotatable bonds is 5. The fourth-order valence-corrected chi connectivity index (χ4v) is 3.90. The average Bonchev–Trinajstić information content (AvgIpc) is 3.52. The number of hydrogen-bond donors (Lipinski definition) is 1. The minimum absolute atomic E-state index is 0.302. The number of oxazole rings is 1. The number of aliphatic imine (C=N–C) groups is 1. The Balaban J connectivity index is 1.32. The van der Waals surface area contributed by atoms with E-state index in [1.807, 2.05) is 28.7 Å². The Kier molecular flexibility index (Phi) is 4.28. The molecule has 0 unspecified atom stereocenters. The van der Waals surface area contributed by atoms with Crippen LogP contribution in [0.2, 0.25) is 0 Å². The number of imidazole rings is 1. The van der Waals surface area contributed by atoms with Crippen LogP contribution in [0.15, 0.2) is 82.7 Å². The van der Waals surface area contributed by atoms with Crippen LogP contribution in [0.25, 0.3) is 28.5 Å². The second kappa shape index (κ2) is 7.42. The number of halogens is 1. The molecule has 0 bridgehead atoms. The number of fused-ring (bicyclic) bond motifs is 2. The molecular weight excluding hydrogens is 407 g/mol. The van der Waals surface area contributed by atoms with Crippen LogP contribution in [-0.2, 0) is 6.42 Å². The second-order valence-corrected chi connectivity index (χ2v) is 7.47. The third-order valence-corrected chi connectivity index (χ3v) is 5.39. The van der Waals surface area contributed by atoms with E-state index in [-0.39, 0.29) is 5.82 Å². The lowest BCUT2D eigenvalue weighted by Gasteiger charge is -2.08. The summed E-state index contributed by atoms with van der Waals surface area (Å²) in [6.45, 7) is 0.552. The van der Waals surface area contributed by atoms with Gasteiger partial charge in [0.05, 0.1) is 17.9 Å². The van der Waals surface area contributed by atoms with E-state index in [4.69, 9.17) is 9.40 Å². The Morgan fingerprint density at radius 1 is 1.03 bits per heavy atom. The molecule has 1 N–H and O–H groups in total. The molecule has 0 saturated heterocycles. The van der Waals surface area contributed by atoms with Crippen molar-refractivity contribution < 1.29 is 8.81 Å². The van der Waals surface area contributed by atoms with Gasteiger partial charge in [0.25, 0.3) is 0 Å². The number of para-hydroxylation sites is 1. The molecular formula is C24H17FN6O. The first-order valence-electron chi connectivity index (χ1n) is 10.2. The third-order valence-electron chi connectivity index (χ3n) is 5.39.